The molecule has 0 heterocycles. The van der Waals surface area contributed by atoms with E-state index >= 15 is 0 Å². The first-order valence-electron chi connectivity index (χ1n) is 6.15. The first-order chi connectivity index (χ1) is 10.0. The van der Waals surface area contributed by atoms with Crippen molar-refractivity contribution in [2.45, 2.75) is 5.75 Å². The molecule has 0 aromatic heterocycles. The number of carbonyl (C=O) groups excluding carboxylic acids is 1. The summed E-state index contributed by atoms with van der Waals surface area (Å²) in [4.78, 5) is 11.8. The Labute approximate surface area is 137 Å². The molecule has 0 fully saturated rings. The van der Waals surface area contributed by atoms with Gasteiger partial charge in [-0.1, -0.05) is 35.3 Å². The maximum Gasteiger partial charge on any atom is 0.234 e. The van der Waals surface area contributed by atoms with Gasteiger partial charge in [-0.05, 0) is 35.9 Å². The predicted molar refractivity (Wildman–Crippen MR) is 89.4 cm³/mol. The summed E-state index contributed by atoms with van der Waals surface area (Å²) in [6, 6.07) is 12.0. The summed E-state index contributed by atoms with van der Waals surface area (Å²) < 4.78 is 0. The number of nitrogens with one attached hydrogen (secondary N) is 1. The summed E-state index contributed by atoms with van der Waals surface area (Å²) in [6.07, 6.45) is 0. The van der Waals surface area contributed by atoms with E-state index in [1.54, 1.807) is 6.07 Å². The van der Waals surface area contributed by atoms with Crippen LogP contribution < -0.4 is 5.32 Å². The van der Waals surface area contributed by atoms with Crippen LogP contribution in [0.25, 0.3) is 0 Å². The second-order valence-corrected chi connectivity index (χ2v) is 6.19. The van der Waals surface area contributed by atoms with Gasteiger partial charge in [0.1, 0.15) is 5.75 Å². The van der Waals surface area contributed by atoms with Gasteiger partial charge in [0.05, 0.1) is 11.4 Å². The molecule has 0 atom stereocenters. The fourth-order valence-electron chi connectivity index (χ4n) is 1.68. The SMILES string of the molecule is O=C(CSCc1cccc(Cl)c1)Nc1cc(Cl)ccc1O. The van der Waals surface area contributed by atoms with E-state index in [1.165, 1.54) is 23.9 Å². The molecule has 1 amide bonds. The van der Waals surface area contributed by atoms with E-state index < -0.39 is 0 Å². The molecule has 0 aliphatic heterocycles. The average Bonchev–Trinajstić information content (AvgIpc) is 2.43. The van der Waals surface area contributed by atoms with Crippen LogP contribution in [0.15, 0.2) is 42.5 Å². The molecule has 2 aromatic carbocycles. The van der Waals surface area contributed by atoms with Gasteiger partial charge < -0.3 is 10.4 Å². The molecule has 0 radical (unpaired) electrons. The fraction of sp³-hybridized carbons (Fsp3) is 0.133. The highest BCUT2D eigenvalue weighted by Crippen LogP contribution is 2.26. The van der Waals surface area contributed by atoms with Crippen molar-refractivity contribution in [3.8, 4) is 5.75 Å². The number of carbonyl (C=O) groups is 1. The minimum absolute atomic E-state index is 0.00686. The maximum atomic E-state index is 11.8. The van der Waals surface area contributed by atoms with Crippen LogP contribution in [0.3, 0.4) is 0 Å². The highest BCUT2D eigenvalue weighted by atomic mass is 35.5. The number of hydrogen-bond donors (Lipinski definition) is 2. The molecule has 0 bridgehead atoms. The molecule has 6 heteroatoms. The molecule has 0 saturated carbocycles. The Kier molecular flexibility index (Phi) is 5.79. The quantitative estimate of drug-likeness (QED) is 0.783. The van der Waals surface area contributed by atoms with Crippen molar-refractivity contribution < 1.29 is 9.90 Å². The van der Waals surface area contributed by atoms with Gasteiger partial charge in [-0.2, -0.15) is 0 Å². The third kappa shape index (κ3) is 5.16. The van der Waals surface area contributed by atoms with E-state index in [9.17, 15) is 9.90 Å². The number of hydrogen-bond acceptors (Lipinski definition) is 3. The van der Waals surface area contributed by atoms with Crippen LogP contribution in [0.5, 0.6) is 5.75 Å². The molecule has 3 nitrogen and oxygen atoms in total. The molecule has 0 unspecified atom stereocenters. The average molecular weight is 342 g/mol. The molecule has 0 saturated heterocycles. The molecule has 2 N–H and O–H groups in total. The smallest absolute Gasteiger partial charge is 0.234 e. The lowest BCUT2D eigenvalue weighted by Crippen LogP contribution is -2.14. The van der Waals surface area contributed by atoms with E-state index in [1.807, 2.05) is 24.3 Å². The Bertz CT molecular complexity index is 649. The minimum Gasteiger partial charge on any atom is -0.506 e. The van der Waals surface area contributed by atoms with Gasteiger partial charge in [0, 0.05) is 15.8 Å². The number of halogens is 2. The maximum absolute atomic E-state index is 11.8. The molecule has 2 rings (SSSR count). The second kappa shape index (κ2) is 7.59. The van der Waals surface area contributed by atoms with E-state index in [4.69, 9.17) is 23.2 Å². The molecular formula is C15H13Cl2NO2S. The lowest BCUT2D eigenvalue weighted by molar-refractivity contribution is -0.113. The molecule has 110 valence electrons. The molecule has 2 aromatic rings. The topological polar surface area (TPSA) is 49.3 Å². The lowest BCUT2D eigenvalue weighted by Gasteiger charge is -2.07. The van der Waals surface area contributed by atoms with E-state index in [2.05, 4.69) is 5.32 Å². The van der Waals surface area contributed by atoms with Gasteiger partial charge in [-0.3, -0.25) is 4.79 Å². The van der Waals surface area contributed by atoms with Gasteiger partial charge in [0.25, 0.3) is 0 Å². The van der Waals surface area contributed by atoms with Gasteiger partial charge in [-0.15, -0.1) is 11.8 Å². The van der Waals surface area contributed by atoms with Crippen LogP contribution in [0.1, 0.15) is 5.56 Å². The Morgan fingerprint density at radius 2 is 1.90 bits per heavy atom. The fourth-order valence-corrected chi connectivity index (χ4v) is 2.84. The zero-order chi connectivity index (χ0) is 15.2. The molecule has 0 aliphatic carbocycles. The van der Waals surface area contributed by atoms with Gasteiger partial charge >= 0.3 is 0 Å². The summed E-state index contributed by atoms with van der Waals surface area (Å²) in [6.45, 7) is 0. The zero-order valence-electron chi connectivity index (χ0n) is 11.0. The highest BCUT2D eigenvalue weighted by Gasteiger charge is 2.07. The van der Waals surface area contributed by atoms with Crippen molar-refractivity contribution in [2.24, 2.45) is 0 Å². The summed E-state index contributed by atoms with van der Waals surface area (Å²) in [7, 11) is 0. The van der Waals surface area contributed by atoms with Gasteiger partial charge in [0.2, 0.25) is 5.91 Å². The number of phenols is 1. The third-order valence-electron chi connectivity index (χ3n) is 2.62. The number of amides is 1. The normalized spacial score (nSPS) is 10.4. The number of aromatic hydroxyl groups is 1. The first-order valence-corrected chi connectivity index (χ1v) is 8.06. The molecule has 0 aliphatic rings. The van der Waals surface area contributed by atoms with Crippen molar-refractivity contribution in [2.75, 3.05) is 11.1 Å². The van der Waals surface area contributed by atoms with Crippen molar-refractivity contribution >= 4 is 46.6 Å². The standard InChI is InChI=1S/C15H13Cl2NO2S/c16-11-3-1-2-10(6-11)8-21-9-15(20)18-13-7-12(17)4-5-14(13)19/h1-7,19H,8-9H2,(H,18,20). The third-order valence-corrected chi connectivity index (χ3v) is 4.10. The first kappa shape index (κ1) is 16.0. The number of rotatable bonds is 5. The largest absolute Gasteiger partial charge is 0.506 e. The Morgan fingerprint density at radius 1 is 1.14 bits per heavy atom. The van der Waals surface area contributed by atoms with Crippen LogP contribution in [0, 0.1) is 0 Å². The van der Waals surface area contributed by atoms with Crippen molar-refractivity contribution in [3.05, 3.63) is 58.1 Å². The summed E-state index contributed by atoms with van der Waals surface area (Å²) in [5.74, 6) is 0.765. The van der Waals surface area contributed by atoms with Crippen LogP contribution in [0.2, 0.25) is 10.0 Å². The Balaban J connectivity index is 1.84. The molecule has 21 heavy (non-hydrogen) atoms. The monoisotopic (exact) mass is 341 g/mol. The summed E-state index contributed by atoms with van der Waals surface area (Å²) in [5.41, 5.74) is 1.38. The Morgan fingerprint density at radius 3 is 2.67 bits per heavy atom. The predicted octanol–water partition coefficient (Wildman–Crippen LogP) is 4.57. The van der Waals surface area contributed by atoms with E-state index in [0.717, 1.165) is 5.56 Å². The minimum atomic E-state index is -0.195. The Hall–Kier alpha value is -1.36. The molecular weight excluding hydrogens is 329 g/mol. The number of benzene rings is 2. The van der Waals surface area contributed by atoms with E-state index in [0.29, 0.717) is 21.5 Å². The van der Waals surface area contributed by atoms with Gasteiger partial charge in [-0.25, -0.2) is 0 Å². The van der Waals surface area contributed by atoms with Crippen LogP contribution >= 0.6 is 35.0 Å². The number of anilines is 1. The van der Waals surface area contributed by atoms with Crippen LogP contribution in [0.4, 0.5) is 5.69 Å². The lowest BCUT2D eigenvalue weighted by atomic mass is 10.2. The van der Waals surface area contributed by atoms with Crippen LogP contribution in [-0.2, 0) is 10.5 Å². The number of phenolic OH excluding ortho intramolecular Hbond substituents is 1. The van der Waals surface area contributed by atoms with Crippen molar-refractivity contribution in [1.82, 2.24) is 0 Å². The number of thioether (sulfide) groups is 1. The summed E-state index contributed by atoms with van der Waals surface area (Å²) >= 11 is 13.2. The second-order valence-electron chi connectivity index (χ2n) is 4.33. The highest BCUT2D eigenvalue weighted by molar-refractivity contribution is 7.99. The van der Waals surface area contributed by atoms with E-state index in [-0.39, 0.29) is 17.4 Å². The van der Waals surface area contributed by atoms with Gasteiger partial charge in [0.15, 0.2) is 0 Å². The van der Waals surface area contributed by atoms with Crippen molar-refractivity contribution in [1.29, 1.82) is 0 Å². The van der Waals surface area contributed by atoms with Crippen molar-refractivity contribution in [3.63, 3.8) is 0 Å². The molecule has 0 spiro atoms. The summed E-state index contributed by atoms with van der Waals surface area (Å²) in [5, 5.41) is 13.4. The van der Waals surface area contributed by atoms with Crippen LogP contribution in [-0.4, -0.2) is 16.8 Å². The zero-order valence-corrected chi connectivity index (χ0v) is 13.3.